The van der Waals surface area contributed by atoms with E-state index in [1.54, 1.807) is 18.4 Å². The van der Waals surface area contributed by atoms with Gasteiger partial charge in [0.1, 0.15) is 12.0 Å². The van der Waals surface area contributed by atoms with Gasteiger partial charge in [0.15, 0.2) is 0 Å². The van der Waals surface area contributed by atoms with Crippen molar-refractivity contribution in [3.63, 3.8) is 0 Å². The molecular weight excluding hydrogens is 190 g/mol. The first-order valence-corrected chi connectivity index (χ1v) is 4.48. The second kappa shape index (κ2) is 3.95. The summed E-state index contributed by atoms with van der Waals surface area (Å²) in [5.41, 5.74) is 7.66. The fourth-order valence-electron chi connectivity index (χ4n) is 1.25. The molecule has 2 rings (SSSR count). The van der Waals surface area contributed by atoms with Crippen molar-refractivity contribution in [1.82, 2.24) is 4.98 Å². The molecule has 15 heavy (non-hydrogen) atoms. The third-order valence-electron chi connectivity index (χ3n) is 2.04. The Kier molecular flexibility index (Phi) is 2.48. The monoisotopic (exact) mass is 199 g/mol. The van der Waals surface area contributed by atoms with Gasteiger partial charge >= 0.3 is 0 Å². The topological polar surface area (TPSA) is 75.8 Å². The Balaban J connectivity index is 2.33. The molecule has 0 saturated carbocycles. The van der Waals surface area contributed by atoms with E-state index >= 15 is 0 Å². The fourth-order valence-corrected chi connectivity index (χ4v) is 1.25. The molecule has 0 atom stereocenters. The Morgan fingerprint density at radius 2 is 2.07 bits per heavy atom. The summed E-state index contributed by atoms with van der Waals surface area (Å²) in [7, 11) is 0. The van der Waals surface area contributed by atoms with E-state index in [1.165, 1.54) is 0 Å². The van der Waals surface area contributed by atoms with Crippen LogP contribution in [0.15, 0.2) is 34.9 Å². The van der Waals surface area contributed by atoms with E-state index in [0.717, 1.165) is 11.3 Å². The molecule has 74 valence electrons. The molecule has 2 aromatic rings. The van der Waals surface area contributed by atoms with Crippen LogP contribution < -0.4 is 5.73 Å². The number of rotatable bonds is 2. The molecule has 0 spiro atoms. The molecule has 0 unspecified atom stereocenters. The number of oxazole rings is 1. The van der Waals surface area contributed by atoms with Gasteiger partial charge in [0.05, 0.1) is 18.2 Å². The van der Waals surface area contributed by atoms with Gasteiger partial charge in [-0.3, -0.25) is 0 Å². The molecule has 1 heterocycles. The van der Waals surface area contributed by atoms with Crippen molar-refractivity contribution in [2.75, 3.05) is 0 Å². The summed E-state index contributed by atoms with van der Waals surface area (Å²) in [6.45, 7) is 0.288. The molecule has 0 saturated heterocycles. The van der Waals surface area contributed by atoms with Gasteiger partial charge in [-0.1, -0.05) is 12.1 Å². The second-order valence-electron chi connectivity index (χ2n) is 3.02. The quantitative estimate of drug-likeness (QED) is 0.798. The van der Waals surface area contributed by atoms with Crippen molar-refractivity contribution in [1.29, 1.82) is 5.26 Å². The molecule has 2 N–H and O–H groups in total. The van der Waals surface area contributed by atoms with Crippen LogP contribution in [-0.4, -0.2) is 4.98 Å². The summed E-state index contributed by atoms with van der Waals surface area (Å²) < 4.78 is 5.12. The van der Waals surface area contributed by atoms with Crippen LogP contribution in [0.1, 0.15) is 11.5 Å². The largest absolute Gasteiger partial charge is 0.447 e. The van der Waals surface area contributed by atoms with E-state index in [4.69, 9.17) is 15.4 Å². The molecule has 4 nitrogen and oxygen atoms in total. The van der Waals surface area contributed by atoms with Gasteiger partial charge in [-0.2, -0.15) is 5.26 Å². The van der Waals surface area contributed by atoms with Gasteiger partial charge in [-0.15, -0.1) is 0 Å². The number of aromatic nitrogens is 1. The van der Waals surface area contributed by atoms with Crippen LogP contribution in [0, 0.1) is 11.3 Å². The predicted molar refractivity (Wildman–Crippen MR) is 54.5 cm³/mol. The van der Waals surface area contributed by atoms with E-state index in [9.17, 15) is 0 Å². The SMILES string of the molecule is N#Cc1ccc(-c2coc(CN)n2)cc1. The van der Waals surface area contributed by atoms with Crippen molar-refractivity contribution in [3.8, 4) is 17.3 Å². The van der Waals surface area contributed by atoms with Gasteiger partial charge in [0.2, 0.25) is 5.89 Å². The Hall–Kier alpha value is -2.12. The Labute approximate surface area is 87.0 Å². The van der Waals surface area contributed by atoms with Crippen LogP contribution in [0.3, 0.4) is 0 Å². The summed E-state index contributed by atoms with van der Waals surface area (Å²) in [6, 6.07) is 9.20. The minimum Gasteiger partial charge on any atom is -0.447 e. The zero-order valence-corrected chi connectivity index (χ0v) is 7.97. The van der Waals surface area contributed by atoms with Crippen molar-refractivity contribution in [2.24, 2.45) is 5.73 Å². The Morgan fingerprint density at radius 1 is 1.33 bits per heavy atom. The van der Waals surface area contributed by atoms with Gasteiger partial charge in [-0.25, -0.2) is 4.98 Å². The minimum absolute atomic E-state index is 0.288. The Bertz CT molecular complexity index is 493. The van der Waals surface area contributed by atoms with Crippen molar-refractivity contribution in [2.45, 2.75) is 6.54 Å². The summed E-state index contributed by atoms with van der Waals surface area (Å²) >= 11 is 0. The fraction of sp³-hybridized carbons (Fsp3) is 0.0909. The van der Waals surface area contributed by atoms with E-state index in [1.807, 2.05) is 12.1 Å². The molecule has 0 aliphatic carbocycles. The standard InChI is InChI=1S/C11H9N3O/c12-5-8-1-3-9(4-2-8)10-7-15-11(6-13)14-10/h1-4,7H,6,13H2. The predicted octanol–water partition coefficient (Wildman–Crippen LogP) is 1.67. The molecule has 0 amide bonds. The smallest absolute Gasteiger partial charge is 0.208 e. The average molecular weight is 199 g/mol. The lowest BCUT2D eigenvalue weighted by molar-refractivity contribution is 0.498. The summed E-state index contributed by atoms with van der Waals surface area (Å²) in [5, 5.41) is 8.64. The summed E-state index contributed by atoms with van der Waals surface area (Å²) in [6.07, 6.45) is 1.56. The molecule has 1 aromatic heterocycles. The van der Waals surface area contributed by atoms with E-state index in [0.29, 0.717) is 11.5 Å². The summed E-state index contributed by atoms with van der Waals surface area (Å²) in [4.78, 5) is 4.18. The van der Waals surface area contributed by atoms with Crippen LogP contribution in [0.25, 0.3) is 11.3 Å². The third kappa shape index (κ3) is 1.87. The molecule has 0 bridgehead atoms. The van der Waals surface area contributed by atoms with E-state index < -0.39 is 0 Å². The highest BCUT2D eigenvalue weighted by atomic mass is 16.3. The van der Waals surface area contributed by atoms with E-state index in [2.05, 4.69) is 11.1 Å². The summed E-state index contributed by atoms with van der Waals surface area (Å²) in [5.74, 6) is 0.509. The highest BCUT2D eigenvalue weighted by Gasteiger charge is 2.04. The maximum atomic E-state index is 8.64. The lowest BCUT2D eigenvalue weighted by Gasteiger charge is -1.94. The number of nitrogens with zero attached hydrogens (tertiary/aromatic N) is 2. The first-order chi connectivity index (χ1) is 7.33. The zero-order chi connectivity index (χ0) is 10.7. The molecule has 0 fully saturated rings. The van der Waals surface area contributed by atoms with E-state index in [-0.39, 0.29) is 6.54 Å². The van der Waals surface area contributed by atoms with Gasteiger partial charge in [0.25, 0.3) is 0 Å². The first-order valence-electron chi connectivity index (χ1n) is 4.48. The second-order valence-corrected chi connectivity index (χ2v) is 3.02. The van der Waals surface area contributed by atoms with Crippen molar-refractivity contribution in [3.05, 3.63) is 42.0 Å². The number of hydrogen-bond acceptors (Lipinski definition) is 4. The van der Waals surface area contributed by atoms with Crippen LogP contribution in [-0.2, 0) is 6.54 Å². The normalized spacial score (nSPS) is 9.87. The van der Waals surface area contributed by atoms with Gasteiger partial charge in [0, 0.05) is 5.56 Å². The van der Waals surface area contributed by atoms with Crippen LogP contribution in [0.4, 0.5) is 0 Å². The molecular formula is C11H9N3O. The number of benzene rings is 1. The van der Waals surface area contributed by atoms with Crippen LogP contribution in [0.2, 0.25) is 0 Å². The Morgan fingerprint density at radius 3 is 2.60 bits per heavy atom. The highest BCUT2D eigenvalue weighted by molar-refractivity contribution is 5.59. The third-order valence-corrected chi connectivity index (χ3v) is 2.04. The molecule has 4 heteroatoms. The minimum atomic E-state index is 0.288. The van der Waals surface area contributed by atoms with Crippen LogP contribution in [0.5, 0.6) is 0 Å². The van der Waals surface area contributed by atoms with Gasteiger partial charge in [-0.05, 0) is 12.1 Å². The van der Waals surface area contributed by atoms with Crippen LogP contribution >= 0.6 is 0 Å². The number of nitrogens with two attached hydrogens (primary N) is 1. The lowest BCUT2D eigenvalue weighted by atomic mass is 10.1. The molecule has 1 aromatic carbocycles. The maximum Gasteiger partial charge on any atom is 0.208 e. The number of nitriles is 1. The van der Waals surface area contributed by atoms with Crippen molar-refractivity contribution < 1.29 is 4.42 Å². The number of hydrogen-bond donors (Lipinski definition) is 1. The molecule has 0 radical (unpaired) electrons. The zero-order valence-electron chi connectivity index (χ0n) is 7.97. The molecule has 0 aliphatic heterocycles. The maximum absolute atomic E-state index is 8.64. The van der Waals surface area contributed by atoms with Crippen molar-refractivity contribution >= 4 is 0 Å². The average Bonchev–Trinajstić information content (AvgIpc) is 2.78. The highest BCUT2D eigenvalue weighted by Crippen LogP contribution is 2.18. The first kappa shape index (κ1) is 9.44. The van der Waals surface area contributed by atoms with Gasteiger partial charge < -0.3 is 10.2 Å². The molecule has 0 aliphatic rings. The lowest BCUT2D eigenvalue weighted by Crippen LogP contribution is -1.95.